The van der Waals surface area contributed by atoms with Crippen molar-refractivity contribution in [2.75, 3.05) is 13.7 Å². The molecule has 0 saturated heterocycles. The second-order valence-corrected chi connectivity index (χ2v) is 6.07. The van der Waals surface area contributed by atoms with Gasteiger partial charge in [0.05, 0.1) is 13.5 Å². The van der Waals surface area contributed by atoms with Crippen LogP contribution in [0.2, 0.25) is 0 Å². The van der Waals surface area contributed by atoms with E-state index in [-0.39, 0.29) is 17.7 Å². The van der Waals surface area contributed by atoms with E-state index in [0.29, 0.717) is 0 Å². The molecule has 2 aromatic carbocycles. The summed E-state index contributed by atoms with van der Waals surface area (Å²) in [5.74, 6) is -1.49. The van der Waals surface area contributed by atoms with Gasteiger partial charge in [-0.15, -0.1) is 0 Å². The highest BCUT2D eigenvalue weighted by atomic mass is 19.1. The first-order valence-corrected chi connectivity index (χ1v) is 8.20. The SMILES string of the molecule is COc1ccc(C(=O)COC(=O)Cc2ccc3c(c2)CCC3)cc1F. The summed E-state index contributed by atoms with van der Waals surface area (Å²) in [6, 6.07) is 9.90. The van der Waals surface area contributed by atoms with Gasteiger partial charge in [0.15, 0.2) is 24.0 Å². The number of carbonyl (C=O) groups is 2. The quantitative estimate of drug-likeness (QED) is 0.597. The third-order valence-corrected chi connectivity index (χ3v) is 4.35. The Kier molecular flexibility index (Phi) is 5.12. The van der Waals surface area contributed by atoms with Crippen molar-refractivity contribution in [2.24, 2.45) is 0 Å². The van der Waals surface area contributed by atoms with E-state index in [1.54, 1.807) is 0 Å². The van der Waals surface area contributed by atoms with Gasteiger partial charge in [0.25, 0.3) is 0 Å². The Labute approximate surface area is 145 Å². The lowest BCUT2D eigenvalue weighted by Crippen LogP contribution is -2.16. The van der Waals surface area contributed by atoms with E-state index in [1.165, 1.54) is 30.4 Å². The normalized spacial score (nSPS) is 12.6. The number of fused-ring (bicyclic) bond motifs is 1. The number of esters is 1. The molecule has 130 valence electrons. The van der Waals surface area contributed by atoms with E-state index in [0.717, 1.165) is 30.9 Å². The largest absolute Gasteiger partial charge is 0.494 e. The van der Waals surface area contributed by atoms with Crippen LogP contribution in [0.25, 0.3) is 0 Å². The minimum absolute atomic E-state index is 0.0603. The van der Waals surface area contributed by atoms with E-state index >= 15 is 0 Å². The molecule has 2 aromatic rings. The molecule has 0 atom stereocenters. The number of hydrogen-bond acceptors (Lipinski definition) is 4. The predicted octanol–water partition coefficient (Wildman–Crippen LogP) is 3.29. The number of Topliss-reactive ketones (excluding diaryl/α,β-unsaturated/α-hetero) is 1. The number of carbonyl (C=O) groups excluding carboxylic acids is 2. The maximum absolute atomic E-state index is 13.6. The lowest BCUT2D eigenvalue weighted by Gasteiger charge is -2.07. The molecule has 0 aliphatic heterocycles. The maximum atomic E-state index is 13.6. The molecule has 0 aromatic heterocycles. The van der Waals surface area contributed by atoms with E-state index in [4.69, 9.17) is 9.47 Å². The van der Waals surface area contributed by atoms with Crippen LogP contribution >= 0.6 is 0 Å². The first-order valence-electron chi connectivity index (χ1n) is 8.20. The highest BCUT2D eigenvalue weighted by molar-refractivity contribution is 5.98. The van der Waals surface area contributed by atoms with Crippen molar-refractivity contribution < 1.29 is 23.5 Å². The van der Waals surface area contributed by atoms with E-state index in [1.807, 2.05) is 12.1 Å². The Bertz CT molecular complexity index is 813. The second kappa shape index (κ2) is 7.47. The molecule has 3 rings (SSSR count). The second-order valence-electron chi connectivity index (χ2n) is 6.07. The van der Waals surface area contributed by atoms with Crippen LogP contribution in [0.3, 0.4) is 0 Å². The number of ether oxygens (including phenoxy) is 2. The zero-order chi connectivity index (χ0) is 17.8. The number of benzene rings is 2. The summed E-state index contributed by atoms with van der Waals surface area (Å²) in [5.41, 5.74) is 3.65. The summed E-state index contributed by atoms with van der Waals surface area (Å²) in [5, 5.41) is 0. The van der Waals surface area contributed by atoms with Crippen molar-refractivity contribution in [3.8, 4) is 5.75 Å². The molecule has 0 heterocycles. The number of ketones is 1. The average molecular weight is 342 g/mol. The van der Waals surface area contributed by atoms with Gasteiger partial charge in [-0.2, -0.15) is 0 Å². The summed E-state index contributed by atoms with van der Waals surface area (Å²) in [4.78, 5) is 24.0. The van der Waals surface area contributed by atoms with Crippen molar-refractivity contribution in [2.45, 2.75) is 25.7 Å². The maximum Gasteiger partial charge on any atom is 0.310 e. The fraction of sp³-hybridized carbons (Fsp3) is 0.300. The van der Waals surface area contributed by atoms with Crippen molar-refractivity contribution in [1.82, 2.24) is 0 Å². The fourth-order valence-electron chi connectivity index (χ4n) is 3.02. The number of rotatable bonds is 6. The molecule has 0 fully saturated rings. The van der Waals surface area contributed by atoms with Crippen LogP contribution in [0, 0.1) is 5.82 Å². The van der Waals surface area contributed by atoms with Crippen molar-refractivity contribution in [3.63, 3.8) is 0 Å². The van der Waals surface area contributed by atoms with Crippen LogP contribution in [-0.2, 0) is 28.8 Å². The minimum Gasteiger partial charge on any atom is -0.494 e. The molecule has 0 unspecified atom stereocenters. The van der Waals surface area contributed by atoms with Crippen LogP contribution in [0.1, 0.15) is 33.5 Å². The number of aryl methyl sites for hydroxylation is 2. The molecule has 0 spiro atoms. The van der Waals surface area contributed by atoms with Gasteiger partial charge in [0.1, 0.15) is 0 Å². The molecule has 1 aliphatic carbocycles. The van der Waals surface area contributed by atoms with Crippen LogP contribution in [0.4, 0.5) is 4.39 Å². The molecule has 0 saturated carbocycles. The molecule has 5 heteroatoms. The highest BCUT2D eigenvalue weighted by Gasteiger charge is 2.15. The minimum atomic E-state index is -0.627. The van der Waals surface area contributed by atoms with Crippen molar-refractivity contribution >= 4 is 11.8 Å². The van der Waals surface area contributed by atoms with Gasteiger partial charge in [0.2, 0.25) is 0 Å². The van der Waals surface area contributed by atoms with Crippen LogP contribution in [-0.4, -0.2) is 25.5 Å². The van der Waals surface area contributed by atoms with Crippen molar-refractivity contribution in [3.05, 3.63) is 64.5 Å². The molecule has 0 bridgehead atoms. The summed E-state index contributed by atoms with van der Waals surface area (Å²) in [6.07, 6.45) is 3.40. The molecular formula is C20H19FO4. The summed E-state index contributed by atoms with van der Waals surface area (Å²) < 4.78 is 23.5. The first kappa shape index (κ1) is 17.1. The van der Waals surface area contributed by atoms with Crippen LogP contribution < -0.4 is 4.74 Å². The van der Waals surface area contributed by atoms with Gasteiger partial charge in [-0.05, 0) is 54.2 Å². The molecule has 0 radical (unpaired) electrons. The fourth-order valence-corrected chi connectivity index (χ4v) is 3.02. The van der Waals surface area contributed by atoms with E-state index < -0.39 is 24.2 Å². The van der Waals surface area contributed by atoms with E-state index in [9.17, 15) is 14.0 Å². The van der Waals surface area contributed by atoms with Gasteiger partial charge in [-0.25, -0.2) is 4.39 Å². The van der Waals surface area contributed by atoms with E-state index in [2.05, 4.69) is 6.07 Å². The molecule has 25 heavy (non-hydrogen) atoms. The Morgan fingerprint density at radius 3 is 2.64 bits per heavy atom. The lowest BCUT2D eigenvalue weighted by molar-refractivity contribution is -0.141. The van der Waals surface area contributed by atoms with Crippen molar-refractivity contribution in [1.29, 1.82) is 0 Å². The van der Waals surface area contributed by atoms with Gasteiger partial charge in [0, 0.05) is 5.56 Å². The standard InChI is InChI=1S/C20H19FO4/c1-24-19-8-7-16(11-17(19)21)18(22)12-25-20(23)10-13-5-6-14-3-2-4-15(14)9-13/h5-9,11H,2-4,10,12H2,1H3. The third kappa shape index (κ3) is 4.05. The predicted molar refractivity (Wildman–Crippen MR) is 90.4 cm³/mol. The summed E-state index contributed by atoms with van der Waals surface area (Å²) in [7, 11) is 1.35. The molecule has 0 N–H and O–H groups in total. The Morgan fingerprint density at radius 1 is 1.08 bits per heavy atom. The summed E-state index contributed by atoms with van der Waals surface area (Å²) >= 11 is 0. The molecular weight excluding hydrogens is 323 g/mol. The average Bonchev–Trinajstić information content (AvgIpc) is 3.07. The Hall–Kier alpha value is -2.69. The molecule has 0 amide bonds. The van der Waals surface area contributed by atoms with Crippen LogP contribution in [0.5, 0.6) is 5.75 Å². The topological polar surface area (TPSA) is 52.6 Å². The number of halogens is 1. The number of hydrogen-bond donors (Lipinski definition) is 0. The zero-order valence-electron chi connectivity index (χ0n) is 14.0. The summed E-state index contributed by atoms with van der Waals surface area (Å²) in [6.45, 7) is -0.407. The highest BCUT2D eigenvalue weighted by Crippen LogP contribution is 2.23. The van der Waals surface area contributed by atoms with Gasteiger partial charge in [-0.3, -0.25) is 9.59 Å². The smallest absolute Gasteiger partial charge is 0.310 e. The monoisotopic (exact) mass is 342 g/mol. The van der Waals surface area contributed by atoms with Crippen LogP contribution in [0.15, 0.2) is 36.4 Å². The van der Waals surface area contributed by atoms with Gasteiger partial charge < -0.3 is 9.47 Å². The molecule has 1 aliphatic rings. The lowest BCUT2D eigenvalue weighted by atomic mass is 10.0. The Morgan fingerprint density at radius 2 is 1.88 bits per heavy atom. The zero-order valence-corrected chi connectivity index (χ0v) is 14.0. The molecule has 4 nitrogen and oxygen atoms in total. The van der Waals surface area contributed by atoms with Gasteiger partial charge >= 0.3 is 5.97 Å². The third-order valence-electron chi connectivity index (χ3n) is 4.35. The Balaban J connectivity index is 1.55. The first-order chi connectivity index (χ1) is 12.1. The number of methoxy groups -OCH3 is 1. The van der Waals surface area contributed by atoms with Gasteiger partial charge in [-0.1, -0.05) is 18.2 Å².